The van der Waals surface area contributed by atoms with Gasteiger partial charge in [0.15, 0.2) is 0 Å². The second kappa shape index (κ2) is 4.89. The zero-order valence-electron chi connectivity index (χ0n) is 8.77. The minimum Gasteiger partial charge on any atom is -0.426 e. The molecule has 84 valence electrons. The lowest BCUT2D eigenvalue weighted by Crippen LogP contribution is -2.24. The van der Waals surface area contributed by atoms with E-state index < -0.39 is 0 Å². The smallest absolute Gasteiger partial charge is 0.261 e. The highest BCUT2D eigenvalue weighted by atomic mass is 32.1. The van der Waals surface area contributed by atoms with Gasteiger partial charge in [-0.15, -0.1) is 21.5 Å². The number of carbonyl (C=O) groups is 1. The van der Waals surface area contributed by atoms with Crippen molar-refractivity contribution < 1.29 is 9.21 Å². The van der Waals surface area contributed by atoms with Crippen LogP contribution in [-0.2, 0) is 6.42 Å². The number of nitrogens with zero attached hydrogens (tertiary/aromatic N) is 2. The average molecular weight is 237 g/mol. The summed E-state index contributed by atoms with van der Waals surface area (Å²) in [5, 5.41) is 12.2. The third-order valence-corrected chi connectivity index (χ3v) is 2.81. The van der Waals surface area contributed by atoms with E-state index in [0.29, 0.717) is 29.6 Å². The van der Waals surface area contributed by atoms with Crippen molar-refractivity contribution in [3.63, 3.8) is 0 Å². The molecule has 1 amide bonds. The Morgan fingerprint density at radius 1 is 1.56 bits per heavy atom. The van der Waals surface area contributed by atoms with Gasteiger partial charge >= 0.3 is 0 Å². The van der Waals surface area contributed by atoms with Crippen molar-refractivity contribution in [3.8, 4) is 0 Å². The number of amides is 1. The molecule has 0 fully saturated rings. The van der Waals surface area contributed by atoms with Gasteiger partial charge in [0.1, 0.15) is 0 Å². The summed E-state index contributed by atoms with van der Waals surface area (Å²) in [6, 6.07) is 3.64. The summed E-state index contributed by atoms with van der Waals surface area (Å²) in [6.45, 7) is 2.24. The third kappa shape index (κ3) is 2.66. The first-order valence-electron chi connectivity index (χ1n) is 4.86. The highest BCUT2D eigenvalue weighted by Gasteiger charge is 2.06. The second-order valence-electron chi connectivity index (χ2n) is 3.20. The van der Waals surface area contributed by atoms with Crippen molar-refractivity contribution in [2.24, 2.45) is 0 Å². The molecular formula is C10H11N3O2S. The molecule has 0 aliphatic rings. The summed E-state index contributed by atoms with van der Waals surface area (Å²) >= 11 is 1.42. The Hall–Kier alpha value is -1.69. The summed E-state index contributed by atoms with van der Waals surface area (Å²) in [4.78, 5) is 12.2. The standard InChI is InChI=1S/C10H11N3O2S/c1-7-12-13-9(15-7)4-5-11-10(14)8-3-2-6-16-8/h2-3,6H,4-5H2,1H3,(H,11,14). The normalized spacial score (nSPS) is 10.3. The van der Waals surface area contributed by atoms with Gasteiger partial charge < -0.3 is 9.73 Å². The summed E-state index contributed by atoms with van der Waals surface area (Å²) in [6.07, 6.45) is 0.554. The lowest BCUT2D eigenvalue weighted by molar-refractivity contribution is 0.0957. The van der Waals surface area contributed by atoms with Crippen LogP contribution >= 0.6 is 11.3 Å². The van der Waals surface area contributed by atoms with Gasteiger partial charge in [0.2, 0.25) is 11.8 Å². The molecule has 0 unspecified atom stereocenters. The molecule has 2 rings (SSSR count). The molecule has 5 nitrogen and oxygen atoms in total. The van der Waals surface area contributed by atoms with Crippen LogP contribution in [0.4, 0.5) is 0 Å². The molecule has 0 radical (unpaired) electrons. The van der Waals surface area contributed by atoms with E-state index in [2.05, 4.69) is 15.5 Å². The number of nitrogens with one attached hydrogen (secondary N) is 1. The first kappa shape index (κ1) is 10.8. The number of hydrogen-bond acceptors (Lipinski definition) is 5. The molecule has 16 heavy (non-hydrogen) atoms. The second-order valence-corrected chi connectivity index (χ2v) is 4.15. The predicted octanol–water partition coefficient (Wildman–Crippen LogP) is 1.41. The molecule has 6 heteroatoms. The molecule has 0 aliphatic carbocycles. The maximum absolute atomic E-state index is 11.5. The van der Waals surface area contributed by atoms with E-state index in [1.54, 1.807) is 13.0 Å². The van der Waals surface area contributed by atoms with E-state index in [0.717, 1.165) is 0 Å². The van der Waals surface area contributed by atoms with Gasteiger partial charge in [0.05, 0.1) is 4.88 Å². The fraction of sp³-hybridized carbons (Fsp3) is 0.300. The number of hydrogen-bond donors (Lipinski definition) is 1. The van der Waals surface area contributed by atoms with Crippen LogP contribution in [0.25, 0.3) is 0 Å². The summed E-state index contributed by atoms with van der Waals surface area (Å²) < 4.78 is 5.19. The zero-order valence-corrected chi connectivity index (χ0v) is 9.58. The van der Waals surface area contributed by atoms with E-state index in [1.165, 1.54) is 11.3 Å². The van der Waals surface area contributed by atoms with Gasteiger partial charge in [-0.2, -0.15) is 0 Å². The van der Waals surface area contributed by atoms with E-state index in [1.807, 2.05) is 11.4 Å². The number of thiophene rings is 1. The van der Waals surface area contributed by atoms with Crippen molar-refractivity contribution >= 4 is 17.2 Å². The van der Waals surface area contributed by atoms with Crippen LogP contribution in [0.1, 0.15) is 21.5 Å². The van der Waals surface area contributed by atoms with Crippen molar-refractivity contribution in [1.29, 1.82) is 0 Å². The van der Waals surface area contributed by atoms with Crippen LogP contribution in [0.3, 0.4) is 0 Å². The zero-order chi connectivity index (χ0) is 11.4. The molecule has 2 aromatic heterocycles. The molecule has 0 spiro atoms. The highest BCUT2D eigenvalue weighted by molar-refractivity contribution is 7.12. The van der Waals surface area contributed by atoms with Crippen molar-refractivity contribution in [2.75, 3.05) is 6.54 Å². The number of aromatic nitrogens is 2. The fourth-order valence-electron chi connectivity index (χ4n) is 1.22. The Balaban J connectivity index is 1.78. The summed E-state index contributed by atoms with van der Waals surface area (Å²) in [5.74, 6) is 1.02. The Morgan fingerprint density at radius 2 is 2.44 bits per heavy atom. The quantitative estimate of drug-likeness (QED) is 0.873. The number of carbonyl (C=O) groups excluding carboxylic acids is 1. The van der Waals surface area contributed by atoms with Gasteiger partial charge in [-0.3, -0.25) is 4.79 Å². The van der Waals surface area contributed by atoms with Crippen LogP contribution in [0.5, 0.6) is 0 Å². The van der Waals surface area contributed by atoms with Crippen LogP contribution in [0.15, 0.2) is 21.9 Å². The average Bonchev–Trinajstić information content (AvgIpc) is 2.89. The minimum absolute atomic E-state index is 0.0637. The van der Waals surface area contributed by atoms with E-state index in [-0.39, 0.29) is 5.91 Å². The molecule has 0 atom stereocenters. The molecule has 0 aliphatic heterocycles. The minimum atomic E-state index is -0.0637. The molecule has 1 N–H and O–H groups in total. The lowest BCUT2D eigenvalue weighted by Gasteiger charge is -2.00. The number of rotatable bonds is 4. The van der Waals surface area contributed by atoms with Crippen molar-refractivity contribution in [2.45, 2.75) is 13.3 Å². The predicted molar refractivity (Wildman–Crippen MR) is 59.4 cm³/mol. The Kier molecular flexibility index (Phi) is 3.31. The van der Waals surface area contributed by atoms with Gasteiger partial charge in [-0.1, -0.05) is 6.07 Å². The van der Waals surface area contributed by atoms with Crippen molar-refractivity contribution in [3.05, 3.63) is 34.2 Å². The molecule has 2 aromatic rings. The van der Waals surface area contributed by atoms with Gasteiger partial charge in [-0.05, 0) is 11.4 Å². The van der Waals surface area contributed by atoms with Gasteiger partial charge in [0, 0.05) is 19.9 Å². The van der Waals surface area contributed by atoms with Crippen LogP contribution < -0.4 is 5.32 Å². The molecule has 0 saturated heterocycles. The molecule has 0 aromatic carbocycles. The van der Waals surface area contributed by atoms with E-state index >= 15 is 0 Å². The van der Waals surface area contributed by atoms with Crippen LogP contribution in [0.2, 0.25) is 0 Å². The van der Waals surface area contributed by atoms with Crippen molar-refractivity contribution in [1.82, 2.24) is 15.5 Å². The summed E-state index contributed by atoms with van der Waals surface area (Å²) in [5.41, 5.74) is 0. The van der Waals surface area contributed by atoms with Gasteiger partial charge in [-0.25, -0.2) is 0 Å². The Labute approximate surface area is 96.5 Å². The number of aryl methyl sites for hydroxylation is 1. The van der Waals surface area contributed by atoms with Crippen LogP contribution in [0, 0.1) is 6.92 Å². The fourth-order valence-corrected chi connectivity index (χ4v) is 1.86. The molecular weight excluding hydrogens is 226 g/mol. The lowest BCUT2D eigenvalue weighted by atomic mass is 10.4. The Morgan fingerprint density at radius 3 is 3.06 bits per heavy atom. The van der Waals surface area contributed by atoms with E-state index in [4.69, 9.17) is 4.42 Å². The van der Waals surface area contributed by atoms with Crippen LogP contribution in [-0.4, -0.2) is 22.6 Å². The maximum atomic E-state index is 11.5. The first-order chi connectivity index (χ1) is 7.75. The third-order valence-electron chi connectivity index (χ3n) is 1.94. The summed E-state index contributed by atoms with van der Waals surface area (Å²) in [7, 11) is 0. The molecule has 0 bridgehead atoms. The Bertz CT molecular complexity index is 464. The first-order valence-corrected chi connectivity index (χ1v) is 5.74. The monoisotopic (exact) mass is 237 g/mol. The SMILES string of the molecule is Cc1nnc(CCNC(=O)c2cccs2)o1. The molecule has 0 saturated carbocycles. The topological polar surface area (TPSA) is 68.0 Å². The maximum Gasteiger partial charge on any atom is 0.261 e. The van der Waals surface area contributed by atoms with Gasteiger partial charge in [0.25, 0.3) is 5.91 Å². The largest absolute Gasteiger partial charge is 0.426 e. The highest BCUT2D eigenvalue weighted by Crippen LogP contribution is 2.07. The van der Waals surface area contributed by atoms with E-state index in [9.17, 15) is 4.79 Å². The molecule has 2 heterocycles.